The third-order valence-corrected chi connectivity index (χ3v) is 11.8. The molecule has 0 spiro atoms. The number of methoxy groups -OCH3 is 1. The molecule has 0 aliphatic heterocycles. The van der Waals surface area contributed by atoms with Gasteiger partial charge in [-0.1, -0.05) is 48.5 Å². The first-order chi connectivity index (χ1) is 12.1. The smallest absolute Gasteiger partial charge is 0.200 e. The summed E-state index contributed by atoms with van der Waals surface area (Å²) in [6.45, 7) is 19.5. The van der Waals surface area contributed by atoms with E-state index in [9.17, 15) is 5.11 Å². The molecule has 3 atom stereocenters. The van der Waals surface area contributed by atoms with Crippen LogP contribution in [-0.4, -0.2) is 59.4 Å². The van der Waals surface area contributed by atoms with Crippen molar-refractivity contribution >= 4 is 8.32 Å². The lowest BCUT2D eigenvalue weighted by Gasteiger charge is -2.45. The van der Waals surface area contributed by atoms with Crippen LogP contribution >= 0.6 is 0 Å². The molecule has 0 amide bonds. The van der Waals surface area contributed by atoms with Crippen molar-refractivity contribution in [3.8, 4) is 0 Å². The average Bonchev–Trinajstić information content (AvgIpc) is 2.56. The minimum atomic E-state index is -1.94. The third-order valence-electron chi connectivity index (χ3n) is 5.63. The predicted octanol–water partition coefficient (Wildman–Crippen LogP) is 4.59. The van der Waals surface area contributed by atoms with Crippen LogP contribution in [0.1, 0.15) is 61.8 Å². The first kappa shape index (κ1) is 26.0. The largest absolute Gasteiger partial charge is 0.413 e. The molecule has 0 aliphatic carbocycles. The van der Waals surface area contributed by atoms with Crippen LogP contribution in [0.4, 0.5) is 0 Å². The summed E-state index contributed by atoms with van der Waals surface area (Å²) in [5.41, 5.74) is 1.64. The summed E-state index contributed by atoms with van der Waals surface area (Å²) in [4.78, 5) is 0. The predicted molar refractivity (Wildman–Crippen MR) is 110 cm³/mol. The highest BCUT2D eigenvalue weighted by atomic mass is 28.4. The first-order valence-electron chi connectivity index (χ1n) is 10.1. The number of aliphatic hydroxyl groups excluding tert-OH is 1. The van der Waals surface area contributed by atoms with Crippen molar-refractivity contribution in [3.05, 3.63) is 0 Å². The van der Waals surface area contributed by atoms with Gasteiger partial charge in [0.1, 0.15) is 6.79 Å². The van der Waals surface area contributed by atoms with Crippen LogP contribution in [0.15, 0.2) is 0 Å². The van der Waals surface area contributed by atoms with Crippen LogP contribution in [0.25, 0.3) is 0 Å². The molecule has 0 saturated carbocycles. The van der Waals surface area contributed by atoms with E-state index in [1.807, 2.05) is 0 Å². The number of hydrogen-bond donors (Lipinski definition) is 1. The van der Waals surface area contributed by atoms with Crippen molar-refractivity contribution < 1.29 is 23.7 Å². The van der Waals surface area contributed by atoms with E-state index in [1.54, 1.807) is 7.11 Å². The number of rotatable bonds is 15. The molecule has 0 bridgehead atoms. The second kappa shape index (κ2) is 13.2. The molecule has 0 aliphatic rings. The van der Waals surface area contributed by atoms with E-state index in [4.69, 9.17) is 18.6 Å². The lowest BCUT2D eigenvalue weighted by Crippen LogP contribution is -2.51. The zero-order valence-corrected chi connectivity index (χ0v) is 19.6. The van der Waals surface area contributed by atoms with Gasteiger partial charge in [-0.3, -0.25) is 0 Å². The summed E-state index contributed by atoms with van der Waals surface area (Å²) in [5.74, 6) is 0.177. The van der Waals surface area contributed by atoms with Crippen molar-refractivity contribution in [2.75, 3.05) is 33.7 Å². The van der Waals surface area contributed by atoms with Gasteiger partial charge in [0.15, 0.2) is 0 Å². The van der Waals surface area contributed by atoms with Crippen LogP contribution in [0, 0.1) is 5.92 Å². The summed E-state index contributed by atoms with van der Waals surface area (Å²) in [7, 11) is -0.290. The Morgan fingerprint density at radius 2 is 1.38 bits per heavy atom. The van der Waals surface area contributed by atoms with Crippen LogP contribution in [0.2, 0.25) is 16.6 Å². The highest BCUT2D eigenvalue weighted by molar-refractivity contribution is 6.77. The second-order valence-corrected chi connectivity index (χ2v) is 13.6. The summed E-state index contributed by atoms with van der Waals surface area (Å²) in [5, 5.41) is 9.43. The Labute approximate surface area is 162 Å². The molecule has 0 heterocycles. The van der Waals surface area contributed by atoms with Gasteiger partial charge in [0, 0.05) is 25.7 Å². The van der Waals surface area contributed by atoms with Gasteiger partial charge in [-0.15, -0.1) is 0 Å². The Bertz CT molecular complexity index is 327. The van der Waals surface area contributed by atoms with E-state index in [1.165, 1.54) is 0 Å². The standard InChI is InChI=1S/C20H44O5Si/c1-15(2)26(16(3)4,17(5)6)25-19(8)18(7)20(10-11-21)24-14-23-13-12-22-9/h15-21H,10-14H2,1-9H3/t18-,19+,20+/m1/s1. The molecule has 158 valence electrons. The van der Waals surface area contributed by atoms with Gasteiger partial charge in [-0.2, -0.15) is 0 Å². The highest BCUT2D eigenvalue weighted by Crippen LogP contribution is 2.43. The van der Waals surface area contributed by atoms with E-state index in [-0.39, 0.29) is 31.5 Å². The fourth-order valence-electron chi connectivity index (χ4n) is 4.10. The molecule has 0 aromatic heterocycles. The molecule has 0 fully saturated rings. The Hall–Kier alpha value is 0.0169. The van der Waals surface area contributed by atoms with Crippen LogP contribution in [-0.2, 0) is 18.6 Å². The average molecular weight is 393 g/mol. The van der Waals surface area contributed by atoms with E-state index in [0.717, 1.165) is 0 Å². The minimum absolute atomic E-state index is 0.0735. The summed E-state index contributed by atoms with van der Waals surface area (Å²) in [6.07, 6.45) is 0.572. The van der Waals surface area contributed by atoms with Crippen molar-refractivity contribution in [1.29, 1.82) is 0 Å². The fourth-order valence-corrected chi connectivity index (χ4v) is 9.78. The maximum atomic E-state index is 9.43. The van der Waals surface area contributed by atoms with Gasteiger partial charge < -0.3 is 23.7 Å². The molecule has 0 unspecified atom stereocenters. The molecule has 0 rings (SSSR count). The molecule has 1 N–H and O–H groups in total. The van der Waals surface area contributed by atoms with Crippen molar-refractivity contribution in [1.82, 2.24) is 0 Å². The van der Waals surface area contributed by atoms with E-state index < -0.39 is 8.32 Å². The molecule has 0 saturated heterocycles. The van der Waals surface area contributed by atoms with E-state index in [0.29, 0.717) is 36.3 Å². The summed E-state index contributed by atoms with van der Waals surface area (Å²) in [6, 6.07) is 0. The zero-order chi connectivity index (χ0) is 20.3. The fraction of sp³-hybridized carbons (Fsp3) is 1.00. The SMILES string of the molecule is COCCOCO[C@@H](CCO)[C@H](C)[C@H](C)O[Si](C(C)C)(C(C)C)C(C)C. The highest BCUT2D eigenvalue weighted by Gasteiger charge is 2.47. The molecule has 26 heavy (non-hydrogen) atoms. The quantitative estimate of drug-likeness (QED) is 0.251. The third kappa shape index (κ3) is 7.56. The van der Waals surface area contributed by atoms with Gasteiger partial charge in [-0.25, -0.2) is 0 Å². The maximum absolute atomic E-state index is 9.43. The zero-order valence-electron chi connectivity index (χ0n) is 18.6. The van der Waals surface area contributed by atoms with Gasteiger partial charge in [0.2, 0.25) is 8.32 Å². The van der Waals surface area contributed by atoms with E-state index >= 15 is 0 Å². The summed E-state index contributed by atoms with van der Waals surface area (Å²) >= 11 is 0. The molecular weight excluding hydrogens is 348 g/mol. The lowest BCUT2D eigenvalue weighted by molar-refractivity contribution is -0.126. The lowest BCUT2D eigenvalue weighted by atomic mass is 9.97. The molecular formula is C20H44O5Si. The molecule has 0 aromatic rings. The number of hydrogen-bond acceptors (Lipinski definition) is 5. The Kier molecular flexibility index (Phi) is 13.2. The van der Waals surface area contributed by atoms with Crippen molar-refractivity contribution in [2.24, 2.45) is 5.92 Å². The molecule has 0 aromatic carbocycles. The first-order valence-corrected chi connectivity index (χ1v) is 12.3. The van der Waals surface area contributed by atoms with Crippen molar-refractivity contribution in [2.45, 2.75) is 90.6 Å². The minimum Gasteiger partial charge on any atom is -0.413 e. The maximum Gasteiger partial charge on any atom is 0.200 e. The van der Waals surface area contributed by atoms with E-state index in [2.05, 4.69) is 55.4 Å². The second-order valence-electron chi connectivity index (χ2n) is 8.24. The van der Waals surface area contributed by atoms with Gasteiger partial charge >= 0.3 is 0 Å². The van der Waals surface area contributed by atoms with Crippen molar-refractivity contribution in [3.63, 3.8) is 0 Å². The molecule has 6 heteroatoms. The van der Waals surface area contributed by atoms with Gasteiger partial charge in [0.05, 0.1) is 19.3 Å². The summed E-state index contributed by atoms with van der Waals surface area (Å²) < 4.78 is 23.2. The normalized spacial score (nSPS) is 16.5. The van der Waals surface area contributed by atoms with Crippen LogP contribution in [0.3, 0.4) is 0 Å². The Morgan fingerprint density at radius 1 is 0.846 bits per heavy atom. The Morgan fingerprint density at radius 3 is 1.81 bits per heavy atom. The molecule has 0 radical (unpaired) electrons. The van der Waals surface area contributed by atoms with Crippen LogP contribution in [0.5, 0.6) is 0 Å². The number of aliphatic hydroxyl groups is 1. The van der Waals surface area contributed by atoms with Gasteiger partial charge in [0.25, 0.3) is 0 Å². The topological polar surface area (TPSA) is 57.2 Å². The Balaban J connectivity index is 5.00. The number of ether oxygens (including phenoxy) is 3. The van der Waals surface area contributed by atoms with Crippen LogP contribution < -0.4 is 0 Å². The van der Waals surface area contributed by atoms with Gasteiger partial charge in [-0.05, 0) is 30.0 Å². The molecule has 5 nitrogen and oxygen atoms in total. The monoisotopic (exact) mass is 392 g/mol.